The molecule has 134 valence electrons. The zero-order valence-electron chi connectivity index (χ0n) is 14.9. The number of allylic oxidation sites excluding steroid dienone is 2. The Morgan fingerprint density at radius 1 is 1.15 bits per heavy atom. The summed E-state index contributed by atoms with van der Waals surface area (Å²) in [5, 5.41) is 20.5. The highest BCUT2D eigenvalue weighted by atomic mass is 16.5. The summed E-state index contributed by atoms with van der Waals surface area (Å²) in [5.41, 5.74) is 2.68. The second kappa shape index (κ2) is 6.96. The lowest BCUT2D eigenvalue weighted by molar-refractivity contribution is 0.373. The molecule has 0 fully saturated rings. The fourth-order valence-electron chi connectivity index (χ4n) is 2.81. The minimum Gasteiger partial charge on any atom is -0.508 e. The average Bonchev–Trinajstić information content (AvgIpc) is 2.61. The first kappa shape index (κ1) is 17.6. The van der Waals surface area contributed by atoms with E-state index in [2.05, 4.69) is 0 Å². The van der Waals surface area contributed by atoms with Gasteiger partial charge >= 0.3 is 0 Å². The molecule has 1 aromatic heterocycles. The van der Waals surface area contributed by atoms with Gasteiger partial charge in [-0.2, -0.15) is 0 Å². The fourth-order valence-corrected chi connectivity index (χ4v) is 2.81. The summed E-state index contributed by atoms with van der Waals surface area (Å²) in [5.74, 6) is 0.361. The van der Waals surface area contributed by atoms with E-state index >= 15 is 0 Å². The van der Waals surface area contributed by atoms with E-state index in [0.29, 0.717) is 39.8 Å². The molecular formula is C21H20O5. The molecule has 0 amide bonds. The molecule has 3 aromatic rings. The van der Waals surface area contributed by atoms with Crippen LogP contribution in [0.3, 0.4) is 0 Å². The molecule has 0 saturated carbocycles. The largest absolute Gasteiger partial charge is 0.508 e. The van der Waals surface area contributed by atoms with E-state index in [-0.39, 0.29) is 16.9 Å². The molecule has 5 nitrogen and oxygen atoms in total. The van der Waals surface area contributed by atoms with Crippen molar-refractivity contribution in [3.8, 4) is 28.4 Å². The number of phenolic OH excluding ortho intramolecular Hbond substituents is 2. The summed E-state index contributed by atoms with van der Waals surface area (Å²) in [6.45, 7) is 3.93. The van der Waals surface area contributed by atoms with Crippen molar-refractivity contribution >= 4 is 11.0 Å². The molecular weight excluding hydrogens is 332 g/mol. The van der Waals surface area contributed by atoms with Crippen LogP contribution >= 0.6 is 0 Å². The quantitative estimate of drug-likeness (QED) is 0.681. The summed E-state index contributed by atoms with van der Waals surface area (Å²) in [7, 11) is 1.46. The van der Waals surface area contributed by atoms with E-state index in [9.17, 15) is 15.0 Å². The minimum absolute atomic E-state index is 0.0561. The molecule has 0 aliphatic heterocycles. The number of phenols is 2. The van der Waals surface area contributed by atoms with Crippen LogP contribution in [0.4, 0.5) is 0 Å². The third kappa shape index (κ3) is 3.16. The van der Waals surface area contributed by atoms with Crippen molar-refractivity contribution in [3.05, 3.63) is 64.0 Å². The number of benzene rings is 2. The van der Waals surface area contributed by atoms with Gasteiger partial charge in [-0.3, -0.25) is 4.79 Å². The summed E-state index contributed by atoms with van der Waals surface area (Å²) in [6.07, 6.45) is 3.79. The predicted octanol–water partition coefficient (Wildman–Crippen LogP) is 4.39. The van der Waals surface area contributed by atoms with E-state index in [1.54, 1.807) is 18.2 Å². The van der Waals surface area contributed by atoms with Crippen LogP contribution in [-0.4, -0.2) is 17.3 Å². The number of aromatic hydroxyl groups is 2. The Balaban J connectivity index is 2.18. The molecule has 2 N–H and O–H groups in total. The Kier molecular flexibility index (Phi) is 4.71. The van der Waals surface area contributed by atoms with Gasteiger partial charge in [0, 0.05) is 5.56 Å². The van der Waals surface area contributed by atoms with E-state index in [1.165, 1.54) is 25.5 Å². The maximum Gasteiger partial charge on any atom is 0.200 e. The molecule has 0 bridgehead atoms. The molecule has 0 spiro atoms. The zero-order valence-corrected chi connectivity index (χ0v) is 14.9. The topological polar surface area (TPSA) is 79.9 Å². The van der Waals surface area contributed by atoms with Crippen molar-refractivity contribution in [2.45, 2.75) is 20.3 Å². The molecule has 0 radical (unpaired) electrons. The van der Waals surface area contributed by atoms with Gasteiger partial charge < -0.3 is 19.4 Å². The Labute approximate surface area is 150 Å². The molecule has 1 heterocycles. The maximum atomic E-state index is 12.9. The van der Waals surface area contributed by atoms with Crippen molar-refractivity contribution in [3.63, 3.8) is 0 Å². The summed E-state index contributed by atoms with van der Waals surface area (Å²) < 4.78 is 10.7. The van der Waals surface area contributed by atoms with Gasteiger partial charge in [-0.05, 0) is 50.1 Å². The Morgan fingerprint density at radius 3 is 2.58 bits per heavy atom. The van der Waals surface area contributed by atoms with Crippen LogP contribution in [0.2, 0.25) is 0 Å². The molecule has 0 atom stereocenters. The zero-order chi connectivity index (χ0) is 18.8. The number of hydrogen-bond acceptors (Lipinski definition) is 5. The first-order chi connectivity index (χ1) is 12.4. The lowest BCUT2D eigenvalue weighted by atomic mass is 10.0. The fraction of sp³-hybridized carbons (Fsp3) is 0.190. The number of hydrogen-bond donors (Lipinski definition) is 2. The monoisotopic (exact) mass is 352 g/mol. The van der Waals surface area contributed by atoms with Gasteiger partial charge in [-0.1, -0.05) is 17.7 Å². The van der Waals surface area contributed by atoms with Crippen LogP contribution < -0.4 is 10.2 Å². The Hall–Kier alpha value is -3.21. The van der Waals surface area contributed by atoms with Crippen molar-refractivity contribution in [2.75, 3.05) is 7.11 Å². The summed E-state index contributed by atoms with van der Waals surface area (Å²) >= 11 is 0. The van der Waals surface area contributed by atoms with Gasteiger partial charge in [0.15, 0.2) is 11.5 Å². The molecule has 5 heteroatoms. The number of fused-ring (bicyclic) bond motifs is 1. The van der Waals surface area contributed by atoms with E-state index in [1.807, 2.05) is 19.9 Å². The van der Waals surface area contributed by atoms with Crippen molar-refractivity contribution in [2.24, 2.45) is 0 Å². The number of rotatable bonds is 4. The maximum absolute atomic E-state index is 12.9. The van der Waals surface area contributed by atoms with Crippen molar-refractivity contribution in [1.82, 2.24) is 0 Å². The second-order valence-corrected chi connectivity index (χ2v) is 6.29. The number of ether oxygens (including phenoxy) is 1. The molecule has 26 heavy (non-hydrogen) atoms. The van der Waals surface area contributed by atoms with Crippen LogP contribution in [-0.2, 0) is 6.42 Å². The van der Waals surface area contributed by atoms with Crippen LogP contribution in [0, 0.1) is 0 Å². The normalized spacial score (nSPS) is 10.7. The van der Waals surface area contributed by atoms with Gasteiger partial charge in [0.25, 0.3) is 0 Å². The highest BCUT2D eigenvalue weighted by Crippen LogP contribution is 2.32. The lowest BCUT2D eigenvalue weighted by Crippen LogP contribution is -2.06. The molecule has 2 aromatic carbocycles. The molecule has 3 rings (SSSR count). The summed E-state index contributed by atoms with van der Waals surface area (Å²) in [6, 6.07) is 7.78. The molecule has 0 saturated heterocycles. The molecule has 0 unspecified atom stereocenters. The third-order valence-corrected chi connectivity index (χ3v) is 4.22. The second-order valence-electron chi connectivity index (χ2n) is 6.29. The smallest absolute Gasteiger partial charge is 0.200 e. The van der Waals surface area contributed by atoms with E-state index < -0.39 is 0 Å². The first-order valence-electron chi connectivity index (χ1n) is 8.19. The van der Waals surface area contributed by atoms with Crippen LogP contribution in [0.1, 0.15) is 19.4 Å². The SMILES string of the molecule is COc1ccc(-c2coc3c(CC=C(C)C)c(O)ccc3c2=O)cc1O. The lowest BCUT2D eigenvalue weighted by Gasteiger charge is -2.09. The standard InChI is InChI=1S/C21H20O5/c1-12(2)4-6-14-17(22)8-7-15-20(24)16(11-26-21(14)15)13-5-9-19(25-3)18(23)10-13/h4-5,7-11,22-23H,6H2,1-3H3. The van der Waals surface area contributed by atoms with Crippen LogP contribution in [0.15, 0.2) is 57.5 Å². The van der Waals surface area contributed by atoms with Gasteiger partial charge in [-0.15, -0.1) is 0 Å². The predicted molar refractivity (Wildman–Crippen MR) is 101 cm³/mol. The van der Waals surface area contributed by atoms with Crippen LogP contribution in [0.5, 0.6) is 17.2 Å². The van der Waals surface area contributed by atoms with Crippen LogP contribution in [0.25, 0.3) is 22.1 Å². The van der Waals surface area contributed by atoms with E-state index in [4.69, 9.17) is 9.15 Å². The van der Waals surface area contributed by atoms with Gasteiger partial charge in [-0.25, -0.2) is 0 Å². The van der Waals surface area contributed by atoms with Gasteiger partial charge in [0.05, 0.1) is 18.1 Å². The number of methoxy groups -OCH3 is 1. The third-order valence-electron chi connectivity index (χ3n) is 4.22. The molecule has 0 aliphatic carbocycles. The van der Waals surface area contributed by atoms with E-state index in [0.717, 1.165) is 5.57 Å². The Bertz CT molecular complexity index is 1060. The molecule has 0 aliphatic rings. The highest BCUT2D eigenvalue weighted by molar-refractivity contribution is 5.86. The first-order valence-corrected chi connectivity index (χ1v) is 8.19. The summed E-state index contributed by atoms with van der Waals surface area (Å²) in [4.78, 5) is 12.9. The van der Waals surface area contributed by atoms with Gasteiger partial charge in [0.2, 0.25) is 5.43 Å². The van der Waals surface area contributed by atoms with Crippen molar-refractivity contribution < 1.29 is 19.4 Å². The average molecular weight is 352 g/mol. The van der Waals surface area contributed by atoms with Gasteiger partial charge in [0.1, 0.15) is 17.6 Å². The minimum atomic E-state index is -0.228. The highest BCUT2D eigenvalue weighted by Gasteiger charge is 2.15. The van der Waals surface area contributed by atoms with Crippen molar-refractivity contribution in [1.29, 1.82) is 0 Å². The Morgan fingerprint density at radius 2 is 1.92 bits per heavy atom.